The quantitative estimate of drug-likeness (QED) is 0.418. The summed E-state index contributed by atoms with van der Waals surface area (Å²) in [6.45, 7) is 11.8. The highest BCUT2D eigenvalue weighted by atomic mass is 35.5. The zero-order valence-electron chi connectivity index (χ0n) is 19.4. The number of halogens is 1. The maximum Gasteiger partial charge on any atom is 0.495 e. The molecule has 172 valence electrons. The van der Waals surface area contributed by atoms with E-state index in [1.54, 1.807) is 4.90 Å². The Morgan fingerprint density at radius 2 is 1.91 bits per heavy atom. The van der Waals surface area contributed by atoms with E-state index in [9.17, 15) is 4.79 Å². The Morgan fingerprint density at radius 1 is 1.22 bits per heavy atom. The van der Waals surface area contributed by atoms with Gasteiger partial charge in [-0.15, -0.1) is 11.3 Å². The van der Waals surface area contributed by atoms with Gasteiger partial charge in [0.2, 0.25) is 0 Å². The summed E-state index contributed by atoms with van der Waals surface area (Å²) < 4.78 is 19.0. The van der Waals surface area contributed by atoms with Crippen LogP contribution in [-0.4, -0.2) is 42.5 Å². The van der Waals surface area contributed by atoms with E-state index in [-0.39, 0.29) is 12.0 Å². The molecule has 0 aliphatic carbocycles. The lowest BCUT2D eigenvalue weighted by molar-refractivity contribution is 0.00578. The molecule has 0 radical (unpaired) electrons. The SMILES string of the molecule is CCCCOC(=O)N1Cc2sc(Cl)cc2C(c2ccccc2B2OC(C)(C)C(C)(C)O2)C1. The largest absolute Gasteiger partial charge is 0.495 e. The number of benzene rings is 1. The van der Waals surface area contributed by atoms with Crippen molar-refractivity contribution >= 4 is 41.6 Å². The van der Waals surface area contributed by atoms with Gasteiger partial charge in [-0.05, 0) is 56.8 Å². The second-order valence-electron chi connectivity index (χ2n) is 9.55. The molecule has 2 aliphatic rings. The van der Waals surface area contributed by atoms with Gasteiger partial charge in [-0.1, -0.05) is 49.2 Å². The normalized spacial score (nSPS) is 21.5. The first-order valence-electron chi connectivity index (χ1n) is 11.3. The van der Waals surface area contributed by atoms with Crippen molar-refractivity contribution in [2.24, 2.45) is 0 Å². The lowest BCUT2D eigenvalue weighted by Crippen LogP contribution is -2.42. The Kier molecular flexibility index (Phi) is 6.65. The fourth-order valence-corrected chi connectivity index (χ4v) is 5.55. The van der Waals surface area contributed by atoms with Crippen molar-refractivity contribution in [1.82, 2.24) is 4.90 Å². The average molecular weight is 476 g/mol. The molecule has 8 heteroatoms. The summed E-state index contributed by atoms with van der Waals surface area (Å²) in [7, 11) is -0.472. The van der Waals surface area contributed by atoms with Gasteiger partial charge in [0.05, 0.1) is 28.7 Å². The van der Waals surface area contributed by atoms with Gasteiger partial charge in [0.15, 0.2) is 0 Å². The summed E-state index contributed by atoms with van der Waals surface area (Å²) in [5.41, 5.74) is 2.40. The van der Waals surface area contributed by atoms with Crippen LogP contribution in [-0.2, 0) is 20.6 Å². The first-order chi connectivity index (χ1) is 15.1. The van der Waals surface area contributed by atoms with E-state index in [0.717, 1.165) is 33.1 Å². The maximum atomic E-state index is 12.8. The Labute approximate surface area is 200 Å². The van der Waals surface area contributed by atoms with Crippen molar-refractivity contribution < 1.29 is 18.8 Å². The lowest BCUT2D eigenvalue weighted by Gasteiger charge is -2.33. The average Bonchev–Trinajstić information content (AvgIpc) is 3.22. The number of unbranched alkanes of at least 4 members (excludes halogenated alkanes) is 1. The number of hydrogen-bond acceptors (Lipinski definition) is 5. The van der Waals surface area contributed by atoms with Gasteiger partial charge in [-0.3, -0.25) is 0 Å². The number of hydrogen-bond donors (Lipinski definition) is 0. The molecule has 1 saturated heterocycles. The zero-order chi connectivity index (χ0) is 23.1. The van der Waals surface area contributed by atoms with Crippen LogP contribution in [0, 0.1) is 0 Å². The van der Waals surface area contributed by atoms with Crippen LogP contribution in [0.15, 0.2) is 30.3 Å². The molecule has 1 fully saturated rings. The molecule has 4 rings (SSSR count). The Balaban J connectivity index is 1.68. The molecule has 2 aromatic rings. The number of carbonyl (C=O) groups is 1. The Hall–Kier alpha value is -1.54. The minimum Gasteiger partial charge on any atom is -0.449 e. The molecule has 1 atom stereocenters. The summed E-state index contributed by atoms with van der Waals surface area (Å²) in [5, 5.41) is 0. The molecule has 3 heterocycles. The van der Waals surface area contributed by atoms with Crippen molar-refractivity contribution in [3.8, 4) is 0 Å². The number of ether oxygens (including phenoxy) is 1. The van der Waals surface area contributed by atoms with Crippen LogP contribution in [0.3, 0.4) is 0 Å². The van der Waals surface area contributed by atoms with Crippen LogP contribution in [0.4, 0.5) is 4.79 Å². The van der Waals surface area contributed by atoms with Crippen LogP contribution >= 0.6 is 22.9 Å². The molecular formula is C24H31BClNO4S. The second kappa shape index (κ2) is 9.01. The first-order valence-corrected chi connectivity index (χ1v) is 12.5. The standard InChI is InChI=1S/C24H31BClNO4S/c1-6-7-12-29-22(28)27-14-18(17-13-21(26)32-20(17)15-27)16-10-8-9-11-19(16)25-30-23(2,3)24(4,5)31-25/h8-11,13,18H,6-7,12,14-15H2,1-5H3. The van der Waals surface area contributed by atoms with Crippen LogP contribution in [0.5, 0.6) is 0 Å². The number of amides is 1. The van der Waals surface area contributed by atoms with Crippen LogP contribution in [0.25, 0.3) is 0 Å². The number of rotatable bonds is 5. The number of nitrogens with zero attached hydrogens (tertiary/aromatic N) is 1. The molecular weight excluding hydrogens is 445 g/mol. The van der Waals surface area contributed by atoms with E-state index in [4.69, 9.17) is 25.6 Å². The van der Waals surface area contributed by atoms with Gasteiger partial charge < -0.3 is 18.9 Å². The highest BCUT2D eigenvalue weighted by Crippen LogP contribution is 2.41. The van der Waals surface area contributed by atoms with Crippen molar-refractivity contribution in [2.75, 3.05) is 13.2 Å². The van der Waals surface area contributed by atoms with E-state index >= 15 is 0 Å². The van der Waals surface area contributed by atoms with E-state index < -0.39 is 18.3 Å². The van der Waals surface area contributed by atoms with E-state index in [1.807, 2.05) is 18.2 Å². The summed E-state index contributed by atoms with van der Waals surface area (Å²) in [4.78, 5) is 15.7. The summed E-state index contributed by atoms with van der Waals surface area (Å²) >= 11 is 7.94. The number of thiophene rings is 1. The third-order valence-electron chi connectivity index (χ3n) is 6.78. The van der Waals surface area contributed by atoms with Gasteiger partial charge in [-0.25, -0.2) is 4.79 Å². The summed E-state index contributed by atoms with van der Waals surface area (Å²) in [6, 6.07) is 10.2. The first kappa shape index (κ1) is 23.6. The van der Waals surface area contributed by atoms with Crippen molar-refractivity contribution in [3.05, 3.63) is 50.7 Å². The number of carbonyl (C=O) groups excluding carboxylic acids is 1. The predicted octanol–water partition coefficient (Wildman–Crippen LogP) is 5.58. The van der Waals surface area contributed by atoms with E-state index in [1.165, 1.54) is 16.9 Å². The fraction of sp³-hybridized carbons (Fsp3) is 0.542. The van der Waals surface area contributed by atoms with Gasteiger partial charge in [0.25, 0.3) is 0 Å². The van der Waals surface area contributed by atoms with Gasteiger partial charge in [0, 0.05) is 17.3 Å². The molecule has 1 unspecified atom stereocenters. The third kappa shape index (κ3) is 4.45. The number of fused-ring (bicyclic) bond motifs is 1. The molecule has 0 N–H and O–H groups in total. The summed E-state index contributed by atoms with van der Waals surface area (Å²) in [6.07, 6.45) is 1.58. The molecule has 0 spiro atoms. The van der Waals surface area contributed by atoms with E-state index in [2.05, 4.69) is 46.8 Å². The fourth-order valence-electron chi connectivity index (χ4n) is 4.20. The monoisotopic (exact) mass is 475 g/mol. The molecule has 1 aromatic heterocycles. The van der Waals surface area contributed by atoms with E-state index in [0.29, 0.717) is 19.7 Å². The molecule has 5 nitrogen and oxygen atoms in total. The van der Waals surface area contributed by atoms with Gasteiger partial charge in [-0.2, -0.15) is 0 Å². The molecule has 32 heavy (non-hydrogen) atoms. The molecule has 0 saturated carbocycles. The van der Waals surface area contributed by atoms with Gasteiger partial charge >= 0.3 is 13.2 Å². The smallest absolute Gasteiger partial charge is 0.449 e. The topological polar surface area (TPSA) is 48.0 Å². The third-order valence-corrected chi connectivity index (χ3v) is 8.05. The second-order valence-corrected chi connectivity index (χ2v) is 11.3. The predicted molar refractivity (Wildman–Crippen MR) is 130 cm³/mol. The molecule has 0 bridgehead atoms. The Morgan fingerprint density at radius 3 is 2.59 bits per heavy atom. The maximum absolute atomic E-state index is 12.8. The highest BCUT2D eigenvalue weighted by Gasteiger charge is 2.52. The summed E-state index contributed by atoms with van der Waals surface area (Å²) in [5.74, 6) is -0.0311. The van der Waals surface area contributed by atoms with Crippen LogP contribution < -0.4 is 5.46 Å². The van der Waals surface area contributed by atoms with Crippen LogP contribution in [0.1, 0.15) is 69.4 Å². The lowest BCUT2D eigenvalue weighted by atomic mass is 9.71. The van der Waals surface area contributed by atoms with Crippen molar-refractivity contribution in [2.45, 2.75) is 71.1 Å². The minimum atomic E-state index is -0.472. The Bertz CT molecular complexity index is 976. The van der Waals surface area contributed by atoms with Gasteiger partial charge in [0.1, 0.15) is 0 Å². The molecule has 1 aromatic carbocycles. The minimum absolute atomic E-state index is 0.0311. The molecule has 2 aliphatic heterocycles. The van der Waals surface area contributed by atoms with Crippen LogP contribution in [0.2, 0.25) is 4.34 Å². The highest BCUT2D eigenvalue weighted by molar-refractivity contribution is 7.16. The van der Waals surface area contributed by atoms with Crippen molar-refractivity contribution in [3.63, 3.8) is 0 Å². The zero-order valence-corrected chi connectivity index (χ0v) is 21.0. The van der Waals surface area contributed by atoms with Crippen molar-refractivity contribution in [1.29, 1.82) is 0 Å². The molecule has 1 amide bonds.